The summed E-state index contributed by atoms with van der Waals surface area (Å²) >= 11 is 5.79. The molecule has 0 unspecified atom stereocenters. The summed E-state index contributed by atoms with van der Waals surface area (Å²) in [5.74, 6) is -0.771. The topological polar surface area (TPSA) is 50.8 Å². The van der Waals surface area contributed by atoms with Crippen molar-refractivity contribution >= 4 is 22.6 Å². The Labute approximate surface area is 121 Å². The summed E-state index contributed by atoms with van der Waals surface area (Å²) in [7, 11) is 0. The van der Waals surface area contributed by atoms with Gasteiger partial charge in [-0.25, -0.2) is 4.98 Å². The van der Waals surface area contributed by atoms with Gasteiger partial charge in [-0.1, -0.05) is 17.7 Å². The molecule has 0 saturated heterocycles. The highest BCUT2D eigenvalue weighted by atomic mass is 35.5. The number of halogens is 4. The van der Waals surface area contributed by atoms with Crippen molar-refractivity contribution in [1.82, 2.24) is 15.2 Å². The number of hydrogen-bond donors (Lipinski definition) is 1. The fourth-order valence-electron chi connectivity index (χ4n) is 1.90. The molecule has 0 aliphatic carbocycles. The molecule has 0 radical (unpaired) electrons. The Kier molecular flexibility index (Phi) is 3.42. The molecular formula is C13H7ClF3N3O. The predicted octanol–water partition coefficient (Wildman–Crippen LogP) is 4.02. The quantitative estimate of drug-likeness (QED) is 0.794. The molecule has 8 heteroatoms. The maximum absolute atomic E-state index is 13.2. The smallest absolute Gasteiger partial charge is 0.387 e. The van der Waals surface area contributed by atoms with Gasteiger partial charge in [0, 0.05) is 11.8 Å². The van der Waals surface area contributed by atoms with Crippen molar-refractivity contribution in [3.63, 3.8) is 0 Å². The van der Waals surface area contributed by atoms with Gasteiger partial charge in [-0.05, 0) is 23.8 Å². The van der Waals surface area contributed by atoms with Crippen LogP contribution >= 0.6 is 11.6 Å². The summed E-state index contributed by atoms with van der Waals surface area (Å²) in [6.45, 7) is -2.97. The molecule has 0 spiro atoms. The second-order valence-corrected chi connectivity index (χ2v) is 4.56. The Morgan fingerprint density at radius 2 is 2.00 bits per heavy atom. The van der Waals surface area contributed by atoms with Gasteiger partial charge >= 0.3 is 6.61 Å². The van der Waals surface area contributed by atoms with Crippen LogP contribution < -0.4 is 4.74 Å². The maximum Gasteiger partial charge on any atom is 0.387 e. The van der Waals surface area contributed by atoms with Crippen LogP contribution in [0.3, 0.4) is 0 Å². The lowest BCUT2D eigenvalue weighted by Gasteiger charge is -2.09. The normalized spacial score (nSPS) is 11.3. The number of aromatic amines is 1. The number of hydrogen-bond acceptors (Lipinski definition) is 3. The van der Waals surface area contributed by atoms with Crippen LogP contribution in [0.1, 0.15) is 0 Å². The lowest BCUT2D eigenvalue weighted by atomic mass is 10.1. The summed E-state index contributed by atoms with van der Waals surface area (Å²) in [5, 5.41) is 6.00. The molecule has 4 nitrogen and oxygen atoms in total. The Bertz CT molecular complexity index is 806. The maximum atomic E-state index is 13.2. The fourth-order valence-corrected chi connectivity index (χ4v) is 2.06. The summed E-state index contributed by atoms with van der Waals surface area (Å²) in [4.78, 5) is 3.94. The molecule has 0 saturated carbocycles. The Balaban J connectivity index is 2.05. The first-order valence-electron chi connectivity index (χ1n) is 5.79. The number of pyridine rings is 1. The standard InChI is InChI=1S/C13H7ClF3N3O/c14-8-2-1-6(4-10(8)21-13(16)17)7-3-9-11(18-5-7)12(15)20-19-9/h1-5,13H,(H,19,20). The zero-order valence-corrected chi connectivity index (χ0v) is 11.0. The number of benzene rings is 1. The number of alkyl halides is 2. The number of aromatic nitrogens is 3. The van der Waals surface area contributed by atoms with Crippen LogP contribution in [0.4, 0.5) is 13.2 Å². The van der Waals surface area contributed by atoms with E-state index in [4.69, 9.17) is 11.6 Å². The van der Waals surface area contributed by atoms with Crippen LogP contribution in [0.15, 0.2) is 30.5 Å². The van der Waals surface area contributed by atoms with E-state index in [2.05, 4.69) is 19.9 Å². The minimum Gasteiger partial charge on any atom is -0.433 e. The van der Waals surface area contributed by atoms with Crippen LogP contribution in [0.5, 0.6) is 5.75 Å². The summed E-state index contributed by atoms with van der Waals surface area (Å²) < 4.78 is 42.2. The van der Waals surface area contributed by atoms with E-state index >= 15 is 0 Å². The molecule has 2 aromatic heterocycles. The second-order valence-electron chi connectivity index (χ2n) is 4.15. The van der Waals surface area contributed by atoms with E-state index in [-0.39, 0.29) is 16.3 Å². The van der Waals surface area contributed by atoms with E-state index < -0.39 is 12.6 Å². The lowest BCUT2D eigenvalue weighted by molar-refractivity contribution is -0.0497. The molecule has 0 aliphatic rings. The molecule has 3 rings (SSSR count). The average Bonchev–Trinajstić information content (AvgIpc) is 2.82. The Hall–Kier alpha value is -2.28. The SMILES string of the molecule is Fc1[nH]nc2cc(-c3ccc(Cl)c(OC(F)F)c3)cnc12. The van der Waals surface area contributed by atoms with Gasteiger partial charge in [0.1, 0.15) is 16.8 Å². The van der Waals surface area contributed by atoms with Gasteiger partial charge in [0.05, 0.1) is 5.02 Å². The van der Waals surface area contributed by atoms with Crippen LogP contribution in [-0.4, -0.2) is 21.8 Å². The molecule has 3 aromatic rings. The third kappa shape index (κ3) is 2.64. The van der Waals surface area contributed by atoms with Crippen molar-refractivity contribution in [3.8, 4) is 16.9 Å². The van der Waals surface area contributed by atoms with Crippen molar-refractivity contribution < 1.29 is 17.9 Å². The van der Waals surface area contributed by atoms with E-state index in [0.717, 1.165) is 0 Å². The Morgan fingerprint density at radius 3 is 2.76 bits per heavy atom. The monoisotopic (exact) mass is 313 g/mol. The molecule has 0 aliphatic heterocycles. The molecule has 1 N–H and O–H groups in total. The van der Waals surface area contributed by atoms with Gasteiger partial charge in [0.25, 0.3) is 0 Å². The Morgan fingerprint density at radius 1 is 1.19 bits per heavy atom. The molecule has 0 bridgehead atoms. The predicted molar refractivity (Wildman–Crippen MR) is 70.9 cm³/mol. The zero-order valence-electron chi connectivity index (χ0n) is 10.3. The number of rotatable bonds is 3. The summed E-state index contributed by atoms with van der Waals surface area (Å²) in [5.41, 5.74) is 1.56. The van der Waals surface area contributed by atoms with Crippen molar-refractivity contribution in [2.75, 3.05) is 0 Å². The largest absolute Gasteiger partial charge is 0.433 e. The van der Waals surface area contributed by atoms with E-state index in [1.54, 1.807) is 12.1 Å². The van der Waals surface area contributed by atoms with Crippen molar-refractivity contribution in [3.05, 3.63) is 41.4 Å². The van der Waals surface area contributed by atoms with Crippen molar-refractivity contribution in [2.45, 2.75) is 6.61 Å². The molecule has 108 valence electrons. The van der Waals surface area contributed by atoms with Gasteiger partial charge < -0.3 is 4.74 Å². The number of nitrogens with one attached hydrogen (secondary N) is 1. The van der Waals surface area contributed by atoms with Crippen molar-refractivity contribution in [2.24, 2.45) is 0 Å². The van der Waals surface area contributed by atoms with Crippen LogP contribution in [0.2, 0.25) is 5.02 Å². The first kappa shape index (κ1) is 13.7. The zero-order chi connectivity index (χ0) is 15.0. The van der Waals surface area contributed by atoms with Gasteiger partial charge in [-0.2, -0.15) is 18.3 Å². The van der Waals surface area contributed by atoms with Crippen LogP contribution in [0, 0.1) is 5.95 Å². The molecule has 21 heavy (non-hydrogen) atoms. The molecular weight excluding hydrogens is 307 g/mol. The lowest BCUT2D eigenvalue weighted by Crippen LogP contribution is -2.02. The van der Waals surface area contributed by atoms with E-state index in [1.165, 1.54) is 18.3 Å². The highest BCUT2D eigenvalue weighted by Gasteiger charge is 2.12. The summed E-state index contributed by atoms with van der Waals surface area (Å²) in [6, 6.07) is 5.99. The van der Waals surface area contributed by atoms with Crippen LogP contribution in [0.25, 0.3) is 22.2 Å². The number of H-pyrrole nitrogens is 1. The fraction of sp³-hybridized carbons (Fsp3) is 0.0769. The van der Waals surface area contributed by atoms with Crippen LogP contribution in [-0.2, 0) is 0 Å². The molecule has 0 atom stereocenters. The second kappa shape index (κ2) is 5.25. The molecule has 0 amide bonds. The average molecular weight is 314 g/mol. The van der Waals surface area contributed by atoms with Crippen molar-refractivity contribution in [1.29, 1.82) is 0 Å². The van der Waals surface area contributed by atoms with E-state index in [1.807, 2.05) is 0 Å². The number of ether oxygens (including phenoxy) is 1. The highest BCUT2D eigenvalue weighted by Crippen LogP contribution is 2.32. The summed E-state index contributed by atoms with van der Waals surface area (Å²) in [6.07, 6.45) is 1.41. The van der Waals surface area contributed by atoms with E-state index in [0.29, 0.717) is 16.6 Å². The number of fused-ring (bicyclic) bond motifs is 1. The minimum atomic E-state index is -2.97. The first-order valence-corrected chi connectivity index (χ1v) is 6.17. The van der Waals surface area contributed by atoms with E-state index in [9.17, 15) is 13.2 Å². The third-order valence-corrected chi connectivity index (χ3v) is 3.14. The first-order chi connectivity index (χ1) is 10.0. The van der Waals surface area contributed by atoms with Gasteiger partial charge in [0.15, 0.2) is 0 Å². The molecule has 1 aromatic carbocycles. The van der Waals surface area contributed by atoms with Gasteiger partial charge in [-0.3, -0.25) is 5.10 Å². The highest BCUT2D eigenvalue weighted by molar-refractivity contribution is 6.32. The number of nitrogens with zero attached hydrogens (tertiary/aromatic N) is 2. The van der Waals surface area contributed by atoms with Gasteiger partial charge in [0.2, 0.25) is 5.95 Å². The minimum absolute atomic E-state index is 0.0684. The molecule has 2 heterocycles. The van der Waals surface area contributed by atoms with Gasteiger partial charge in [-0.15, -0.1) is 0 Å². The molecule has 0 fully saturated rings. The third-order valence-electron chi connectivity index (χ3n) is 2.83.